The molecule has 1 amide bonds. The summed E-state index contributed by atoms with van der Waals surface area (Å²) in [6, 6.07) is 6.46. The molecule has 0 saturated heterocycles. The van der Waals surface area contributed by atoms with Gasteiger partial charge in [-0.05, 0) is 18.6 Å². The number of carboxylic acids is 1. The molecule has 7 heteroatoms. The number of carbonyl (C=O) groups is 2. The predicted molar refractivity (Wildman–Crippen MR) is 86.1 cm³/mol. The third-order valence-electron chi connectivity index (χ3n) is 3.01. The van der Waals surface area contributed by atoms with Crippen LogP contribution in [0.2, 0.25) is 5.02 Å². The summed E-state index contributed by atoms with van der Waals surface area (Å²) >= 11 is 7.36. The molecule has 116 valence electrons. The van der Waals surface area contributed by atoms with E-state index in [2.05, 4.69) is 10.3 Å². The van der Waals surface area contributed by atoms with Crippen LogP contribution in [0, 0.1) is 0 Å². The maximum absolute atomic E-state index is 11.9. The van der Waals surface area contributed by atoms with Gasteiger partial charge in [-0.1, -0.05) is 30.7 Å². The molecule has 1 aromatic heterocycles. The van der Waals surface area contributed by atoms with E-state index in [1.54, 1.807) is 18.4 Å². The minimum absolute atomic E-state index is 0.0564. The van der Waals surface area contributed by atoms with Crippen molar-refractivity contribution < 1.29 is 14.7 Å². The van der Waals surface area contributed by atoms with Crippen LogP contribution < -0.4 is 5.32 Å². The fourth-order valence-corrected chi connectivity index (χ4v) is 2.90. The van der Waals surface area contributed by atoms with Gasteiger partial charge in [0, 0.05) is 16.0 Å². The van der Waals surface area contributed by atoms with Crippen molar-refractivity contribution in [1.82, 2.24) is 10.3 Å². The highest BCUT2D eigenvalue weighted by Crippen LogP contribution is 2.26. The first-order valence-electron chi connectivity index (χ1n) is 6.72. The van der Waals surface area contributed by atoms with Crippen molar-refractivity contribution in [3.05, 3.63) is 40.4 Å². The highest BCUT2D eigenvalue weighted by atomic mass is 35.5. The zero-order valence-corrected chi connectivity index (χ0v) is 13.4. The van der Waals surface area contributed by atoms with Crippen molar-refractivity contribution >= 4 is 34.8 Å². The summed E-state index contributed by atoms with van der Waals surface area (Å²) in [5.74, 6) is -1.38. The zero-order valence-electron chi connectivity index (χ0n) is 11.9. The fraction of sp³-hybridized carbons (Fsp3) is 0.267. The second-order valence-electron chi connectivity index (χ2n) is 4.70. The molecule has 22 heavy (non-hydrogen) atoms. The minimum atomic E-state index is -1.03. The van der Waals surface area contributed by atoms with Crippen LogP contribution in [0.3, 0.4) is 0 Å². The Hall–Kier alpha value is -1.92. The average molecular weight is 339 g/mol. The van der Waals surface area contributed by atoms with Gasteiger partial charge in [-0.15, -0.1) is 11.3 Å². The summed E-state index contributed by atoms with van der Waals surface area (Å²) in [7, 11) is 0. The maximum Gasteiger partial charge on any atom is 0.326 e. The van der Waals surface area contributed by atoms with Crippen LogP contribution in [0.4, 0.5) is 0 Å². The number of halogens is 1. The molecule has 0 aliphatic heterocycles. The lowest BCUT2D eigenvalue weighted by Gasteiger charge is -2.11. The first kappa shape index (κ1) is 16.5. The van der Waals surface area contributed by atoms with Crippen molar-refractivity contribution in [2.75, 3.05) is 0 Å². The molecule has 0 bridgehead atoms. The van der Waals surface area contributed by atoms with E-state index in [9.17, 15) is 9.59 Å². The number of rotatable bonds is 6. The predicted octanol–water partition coefficient (Wildman–Crippen LogP) is 2.99. The standard InChI is InChI=1S/C15H15ClN2O3S/c1-2-12(15(20)21)18-13(19)7-11-8-22-14(17-11)9-4-3-5-10(16)6-9/h3-6,8,12H,2,7H2,1H3,(H,18,19)(H,20,21). The normalized spacial score (nSPS) is 11.9. The molecular weight excluding hydrogens is 324 g/mol. The summed E-state index contributed by atoms with van der Waals surface area (Å²) < 4.78 is 0. The van der Waals surface area contributed by atoms with E-state index in [0.717, 1.165) is 10.6 Å². The van der Waals surface area contributed by atoms with Crippen molar-refractivity contribution in [3.63, 3.8) is 0 Å². The smallest absolute Gasteiger partial charge is 0.326 e. The number of hydrogen-bond donors (Lipinski definition) is 2. The van der Waals surface area contributed by atoms with Crippen molar-refractivity contribution in [2.24, 2.45) is 0 Å². The van der Waals surface area contributed by atoms with Crippen LogP contribution in [-0.2, 0) is 16.0 Å². The third kappa shape index (κ3) is 4.29. The molecule has 1 aromatic carbocycles. The Kier molecular flexibility index (Phi) is 5.51. The first-order chi connectivity index (χ1) is 10.5. The number of hydrogen-bond acceptors (Lipinski definition) is 4. The molecule has 0 radical (unpaired) electrons. The number of nitrogens with one attached hydrogen (secondary N) is 1. The monoisotopic (exact) mass is 338 g/mol. The van der Waals surface area contributed by atoms with Crippen molar-refractivity contribution in [2.45, 2.75) is 25.8 Å². The van der Waals surface area contributed by atoms with Crippen LogP contribution in [0.5, 0.6) is 0 Å². The van der Waals surface area contributed by atoms with E-state index in [1.165, 1.54) is 11.3 Å². The van der Waals surface area contributed by atoms with Crippen LogP contribution in [-0.4, -0.2) is 28.0 Å². The van der Waals surface area contributed by atoms with Gasteiger partial charge in [-0.3, -0.25) is 4.79 Å². The topological polar surface area (TPSA) is 79.3 Å². The molecule has 1 heterocycles. The molecule has 2 N–H and O–H groups in total. The Labute approximate surface area is 137 Å². The Morgan fingerprint density at radius 1 is 1.45 bits per heavy atom. The fourth-order valence-electron chi connectivity index (χ4n) is 1.89. The summed E-state index contributed by atoms with van der Waals surface area (Å²) in [4.78, 5) is 27.1. The highest BCUT2D eigenvalue weighted by molar-refractivity contribution is 7.13. The number of benzene rings is 1. The molecule has 2 aromatic rings. The Bertz CT molecular complexity index is 687. The molecule has 0 aliphatic rings. The summed E-state index contributed by atoms with van der Waals surface area (Å²) in [6.07, 6.45) is 0.396. The van der Waals surface area contributed by atoms with Gasteiger partial charge in [-0.2, -0.15) is 0 Å². The molecular formula is C15H15ClN2O3S. The van der Waals surface area contributed by atoms with Crippen LogP contribution >= 0.6 is 22.9 Å². The van der Waals surface area contributed by atoms with Gasteiger partial charge < -0.3 is 10.4 Å². The van der Waals surface area contributed by atoms with Gasteiger partial charge in [0.05, 0.1) is 12.1 Å². The second-order valence-corrected chi connectivity index (χ2v) is 5.99. The lowest BCUT2D eigenvalue weighted by atomic mass is 10.2. The van der Waals surface area contributed by atoms with E-state index < -0.39 is 12.0 Å². The summed E-state index contributed by atoms with van der Waals surface area (Å²) in [5.41, 5.74) is 1.50. The van der Waals surface area contributed by atoms with Gasteiger partial charge in [0.15, 0.2) is 0 Å². The number of carboxylic acid groups (broad SMARTS) is 1. The van der Waals surface area contributed by atoms with Crippen molar-refractivity contribution in [1.29, 1.82) is 0 Å². The average Bonchev–Trinajstić information content (AvgIpc) is 2.93. The number of aliphatic carboxylic acids is 1. The van der Waals surface area contributed by atoms with E-state index in [-0.39, 0.29) is 12.3 Å². The van der Waals surface area contributed by atoms with Gasteiger partial charge in [0.1, 0.15) is 11.0 Å². The summed E-state index contributed by atoms with van der Waals surface area (Å²) in [6.45, 7) is 1.71. The number of amides is 1. The number of aromatic nitrogens is 1. The molecule has 0 spiro atoms. The third-order valence-corrected chi connectivity index (χ3v) is 4.18. The van der Waals surface area contributed by atoms with Crippen LogP contribution in [0.1, 0.15) is 19.0 Å². The van der Waals surface area contributed by atoms with Crippen LogP contribution in [0.15, 0.2) is 29.6 Å². The number of carbonyl (C=O) groups excluding carboxylic acids is 1. The van der Waals surface area contributed by atoms with Gasteiger partial charge in [0.2, 0.25) is 5.91 Å². The minimum Gasteiger partial charge on any atom is -0.480 e. The maximum atomic E-state index is 11.9. The van der Waals surface area contributed by atoms with E-state index in [1.807, 2.05) is 18.2 Å². The Morgan fingerprint density at radius 2 is 2.23 bits per heavy atom. The van der Waals surface area contributed by atoms with E-state index in [0.29, 0.717) is 17.1 Å². The first-order valence-corrected chi connectivity index (χ1v) is 7.98. The lowest BCUT2D eigenvalue weighted by molar-refractivity contribution is -0.141. The van der Waals surface area contributed by atoms with E-state index >= 15 is 0 Å². The lowest BCUT2D eigenvalue weighted by Crippen LogP contribution is -2.41. The Morgan fingerprint density at radius 3 is 2.86 bits per heavy atom. The largest absolute Gasteiger partial charge is 0.480 e. The summed E-state index contributed by atoms with van der Waals surface area (Å²) in [5, 5.41) is 14.6. The molecule has 1 unspecified atom stereocenters. The van der Waals surface area contributed by atoms with Gasteiger partial charge >= 0.3 is 5.97 Å². The van der Waals surface area contributed by atoms with Crippen molar-refractivity contribution in [3.8, 4) is 10.6 Å². The molecule has 1 atom stereocenters. The molecule has 5 nitrogen and oxygen atoms in total. The molecule has 0 saturated carbocycles. The zero-order chi connectivity index (χ0) is 16.1. The highest BCUT2D eigenvalue weighted by Gasteiger charge is 2.18. The van der Waals surface area contributed by atoms with Gasteiger partial charge in [-0.25, -0.2) is 9.78 Å². The van der Waals surface area contributed by atoms with E-state index in [4.69, 9.17) is 16.7 Å². The molecule has 0 fully saturated rings. The molecule has 0 aliphatic carbocycles. The number of nitrogens with zero attached hydrogens (tertiary/aromatic N) is 1. The Balaban J connectivity index is 2.03. The quantitative estimate of drug-likeness (QED) is 0.848. The van der Waals surface area contributed by atoms with Crippen LogP contribution in [0.25, 0.3) is 10.6 Å². The second kappa shape index (κ2) is 7.38. The van der Waals surface area contributed by atoms with Gasteiger partial charge in [0.25, 0.3) is 0 Å². The molecule has 2 rings (SSSR count). The number of thiazole rings is 1. The SMILES string of the molecule is CCC(NC(=O)Cc1csc(-c2cccc(Cl)c2)n1)C(=O)O.